The molecule has 1 fully saturated rings. The van der Waals surface area contributed by atoms with Gasteiger partial charge >= 0.3 is 11.9 Å². The molecule has 4 heteroatoms. The Hall–Kier alpha value is -1.84. The molecule has 1 aliphatic rings. The van der Waals surface area contributed by atoms with Crippen molar-refractivity contribution in [2.24, 2.45) is 5.92 Å². The molecule has 122 valence electrons. The summed E-state index contributed by atoms with van der Waals surface area (Å²) in [7, 11) is 0. The van der Waals surface area contributed by atoms with Gasteiger partial charge in [0, 0.05) is 11.1 Å². The van der Waals surface area contributed by atoms with Crippen LogP contribution in [0.2, 0.25) is 0 Å². The van der Waals surface area contributed by atoms with Gasteiger partial charge in [-0.05, 0) is 52.9 Å². The summed E-state index contributed by atoms with van der Waals surface area (Å²) < 4.78 is 11.1. The van der Waals surface area contributed by atoms with Gasteiger partial charge in [-0.1, -0.05) is 18.2 Å². The maximum atomic E-state index is 12.0. The van der Waals surface area contributed by atoms with Crippen LogP contribution in [0.4, 0.5) is 0 Å². The van der Waals surface area contributed by atoms with Crippen molar-refractivity contribution >= 4 is 11.9 Å². The summed E-state index contributed by atoms with van der Waals surface area (Å²) >= 11 is 0. The van der Waals surface area contributed by atoms with Gasteiger partial charge in [0.1, 0.15) is 12.2 Å². The molecule has 1 rings (SSSR count). The Bertz CT molecular complexity index is 487. The lowest BCUT2D eigenvalue weighted by atomic mass is 9.85. The first-order valence-electron chi connectivity index (χ1n) is 7.73. The topological polar surface area (TPSA) is 52.6 Å². The minimum atomic E-state index is -0.423. The summed E-state index contributed by atoms with van der Waals surface area (Å²) in [6, 6.07) is 0. The zero-order valence-corrected chi connectivity index (χ0v) is 13.9. The molecule has 3 atom stereocenters. The van der Waals surface area contributed by atoms with Crippen LogP contribution in [0.25, 0.3) is 0 Å². The number of hydrogen-bond acceptors (Lipinski definition) is 4. The van der Waals surface area contributed by atoms with Crippen LogP contribution in [0.1, 0.15) is 47.0 Å². The molecule has 1 aliphatic carbocycles. The standard InChI is InChI=1S/C18H26O4/c1-6-12(4)17(19)21-15-10-9-14(8-3)11-16(15)22-18(20)13(5)7-2/h6-8,14-16H,3,9-11H2,1-2,4-5H3/b12-6+,13-7+. The first kappa shape index (κ1) is 18.2. The Balaban J connectivity index is 2.81. The fourth-order valence-electron chi connectivity index (χ4n) is 2.30. The van der Waals surface area contributed by atoms with Crippen molar-refractivity contribution in [2.45, 2.75) is 59.2 Å². The lowest BCUT2D eigenvalue weighted by Gasteiger charge is -2.34. The third-order valence-electron chi connectivity index (χ3n) is 4.13. The lowest BCUT2D eigenvalue weighted by Crippen LogP contribution is -2.40. The Morgan fingerprint density at radius 2 is 1.45 bits per heavy atom. The first-order valence-corrected chi connectivity index (χ1v) is 7.73. The summed E-state index contributed by atoms with van der Waals surface area (Å²) in [6.07, 6.45) is 6.67. The number of esters is 2. The molecule has 1 saturated carbocycles. The van der Waals surface area contributed by atoms with E-state index >= 15 is 0 Å². The molecule has 0 N–H and O–H groups in total. The zero-order valence-electron chi connectivity index (χ0n) is 13.9. The van der Waals surface area contributed by atoms with Crippen LogP contribution >= 0.6 is 0 Å². The highest BCUT2D eigenvalue weighted by Gasteiger charge is 2.35. The number of ether oxygens (including phenoxy) is 2. The minimum Gasteiger partial charge on any atom is -0.455 e. The van der Waals surface area contributed by atoms with E-state index < -0.39 is 12.2 Å². The molecule has 0 aliphatic heterocycles. The van der Waals surface area contributed by atoms with Crippen LogP contribution in [0.3, 0.4) is 0 Å². The summed E-state index contributed by atoms with van der Waals surface area (Å²) in [5.41, 5.74) is 1.11. The maximum absolute atomic E-state index is 12.0. The largest absolute Gasteiger partial charge is 0.455 e. The van der Waals surface area contributed by atoms with Crippen LogP contribution in [0.15, 0.2) is 36.0 Å². The Morgan fingerprint density at radius 1 is 0.955 bits per heavy atom. The van der Waals surface area contributed by atoms with E-state index in [1.54, 1.807) is 39.8 Å². The van der Waals surface area contributed by atoms with E-state index in [9.17, 15) is 9.59 Å². The second-order valence-electron chi connectivity index (χ2n) is 5.64. The predicted octanol–water partition coefficient (Wildman–Crippen LogP) is 3.73. The molecule has 0 bridgehead atoms. The Kier molecular flexibility index (Phi) is 7.09. The summed E-state index contributed by atoms with van der Waals surface area (Å²) in [4.78, 5) is 23.9. The third-order valence-corrected chi connectivity index (χ3v) is 4.13. The second kappa shape index (κ2) is 8.57. The maximum Gasteiger partial charge on any atom is 0.333 e. The predicted molar refractivity (Wildman–Crippen MR) is 86.2 cm³/mol. The van der Waals surface area contributed by atoms with Gasteiger partial charge in [0.2, 0.25) is 0 Å². The van der Waals surface area contributed by atoms with Crippen molar-refractivity contribution in [1.29, 1.82) is 0 Å². The average molecular weight is 306 g/mol. The Labute approximate surface area is 132 Å². The molecule has 3 unspecified atom stereocenters. The monoisotopic (exact) mass is 306 g/mol. The fourth-order valence-corrected chi connectivity index (χ4v) is 2.30. The molecule has 22 heavy (non-hydrogen) atoms. The number of carbonyl (C=O) groups excluding carboxylic acids is 2. The van der Waals surface area contributed by atoms with Crippen LogP contribution < -0.4 is 0 Å². The smallest absolute Gasteiger partial charge is 0.333 e. The molecule has 0 aromatic carbocycles. The number of allylic oxidation sites excluding steroid dienone is 3. The molecule has 0 amide bonds. The quantitative estimate of drug-likeness (QED) is 0.441. The molecule has 0 aromatic heterocycles. The Morgan fingerprint density at radius 3 is 1.91 bits per heavy atom. The van der Waals surface area contributed by atoms with Crippen LogP contribution in [0.5, 0.6) is 0 Å². The van der Waals surface area contributed by atoms with Crippen molar-refractivity contribution in [3.63, 3.8) is 0 Å². The van der Waals surface area contributed by atoms with Gasteiger partial charge in [0.25, 0.3) is 0 Å². The third kappa shape index (κ3) is 4.86. The van der Waals surface area contributed by atoms with Gasteiger partial charge in [-0.25, -0.2) is 9.59 Å². The summed E-state index contributed by atoms with van der Waals surface area (Å²) in [5.74, 6) is -0.434. The molecular formula is C18H26O4. The van der Waals surface area contributed by atoms with E-state index in [2.05, 4.69) is 6.58 Å². The first-order chi connectivity index (χ1) is 10.4. The number of rotatable bonds is 5. The number of hydrogen-bond donors (Lipinski definition) is 0. The average Bonchev–Trinajstić information content (AvgIpc) is 2.54. The molecular weight excluding hydrogens is 280 g/mol. The van der Waals surface area contributed by atoms with Gasteiger partial charge in [0.05, 0.1) is 0 Å². The normalized spacial score (nSPS) is 26.3. The molecule has 0 aromatic rings. The second-order valence-corrected chi connectivity index (χ2v) is 5.64. The van der Waals surface area contributed by atoms with Gasteiger partial charge in [-0.3, -0.25) is 0 Å². The van der Waals surface area contributed by atoms with Crippen LogP contribution in [-0.4, -0.2) is 24.1 Å². The van der Waals surface area contributed by atoms with Crippen molar-refractivity contribution in [2.75, 3.05) is 0 Å². The number of carbonyl (C=O) groups is 2. The minimum absolute atomic E-state index is 0.279. The van der Waals surface area contributed by atoms with E-state index in [1.807, 2.05) is 6.08 Å². The lowest BCUT2D eigenvalue weighted by molar-refractivity contribution is -0.167. The molecule has 0 saturated heterocycles. The van der Waals surface area contributed by atoms with E-state index in [0.29, 0.717) is 24.0 Å². The van der Waals surface area contributed by atoms with Gasteiger partial charge in [0.15, 0.2) is 0 Å². The fraction of sp³-hybridized carbons (Fsp3) is 0.556. The van der Waals surface area contributed by atoms with Crippen molar-refractivity contribution < 1.29 is 19.1 Å². The highest BCUT2D eigenvalue weighted by atomic mass is 16.6. The highest BCUT2D eigenvalue weighted by molar-refractivity contribution is 5.88. The van der Waals surface area contributed by atoms with E-state index in [-0.39, 0.29) is 17.9 Å². The van der Waals surface area contributed by atoms with Crippen LogP contribution in [0, 0.1) is 5.92 Å². The van der Waals surface area contributed by atoms with Gasteiger partial charge in [-0.15, -0.1) is 6.58 Å². The van der Waals surface area contributed by atoms with Crippen molar-refractivity contribution in [3.05, 3.63) is 36.0 Å². The van der Waals surface area contributed by atoms with E-state index in [4.69, 9.17) is 9.47 Å². The van der Waals surface area contributed by atoms with Gasteiger partial charge in [-0.2, -0.15) is 0 Å². The molecule has 0 spiro atoms. The molecule has 0 heterocycles. The van der Waals surface area contributed by atoms with Gasteiger partial charge < -0.3 is 9.47 Å². The zero-order chi connectivity index (χ0) is 16.7. The van der Waals surface area contributed by atoms with Crippen molar-refractivity contribution in [1.82, 2.24) is 0 Å². The van der Waals surface area contributed by atoms with E-state index in [1.165, 1.54) is 0 Å². The van der Waals surface area contributed by atoms with Crippen molar-refractivity contribution in [3.8, 4) is 0 Å². The molecule has 4 nitrogen and oxygen atoms in total. The summed E-state index contributed by atoms with van der Waals surface area (Å²) in [6.45, 7) is 10.8. The summed E-state index contributed by atoms with van der Waals surface area (Å²) in [5, 5.41) is 0. The molecule has 0 radical (unpaired) electrons. The highest BCUT2D eigenvalue weighted by Crippen LogP contribution is 2.30. The SMILES string of the molecule is C=CC1CCC(OC(=O)/C(C)=C/C)C(OC(=O)/C(C)=C/C)C1. The van der Waals surface area contributed by atoms with E-state index in [0.717, 1.165) is 6.42 Å². The van der Waals surface area contributed by atoms with Crippen LogP contribution in [-0.2, 0) is 19.1 Å².